The summed E-state index contributed by atoms with van der Waals surface area (Å²) in [5.41, 5.74) is 2.90. The standard InChI is InChI=1S/C20H26N4O2/c1-16-6-7-19(26-2)18(13-16)22-20(25)15-24-11-9-23(10-12-24)14-17-5-3-4-8-21-17/h3-8,13H,9-12,14-15H2,1-2H3,(H,22,25). The lowest BCUT2D eigenvalue weighted by Crippen LogP contribution is -2.48. The Kier molecular flexibility index (Phi) is 6.20. The van der Waals surface area contributed by atoms with Gasteiger partial charge in [-0.25, -0.2) is 0 Å². The molecule has 3 rings (SSSR count). The van der Waals surface area contributed by atoms with E-state index in [1.807, 2.05) is 43.5 Å². The largest absolute Gasteiger partial charge is 0.495 e. The minimum Gasteiger partial charge on any atom is -0.495 e. The highest BCUT2D eigenvalue weighted by Gasteiger charge is 2.19. The van der Waals surface area contributed by atoms with E-state index < -0.39 is 0 Å². The molecule has 0 saturated carbocycles. The van der Waals surface area contributed by atoms with Gasteiger partial charge < -0.3 is 10.1 Å². The van der Waals surface area contributed by atoms with E-state index in [1.54, 1.807) is 7.11 Å². The summed E-state index contributed by atoms with van der Waals surface area (Å²) >= 11 is 0. The van der Waals surface area contributed by atoms with Crippen LogP contribution in [0.15, 0.2) is 42.6 Å². The van der Waals surface area contributed by atoms with Gasteiger partial charge in [0.15, 0.2) is 0 Å². The number of piperazine rings is 1. The second-order valence-corrected chi connectivity index (χ2v) is 6.63. The molecule has 0 bridgehead atoms. The van der Waals surface area contributed by atoms with Crippen molar-refractivity contribution in [3.8, 4) is 5.75 Å². The van der Waals surface area contributed by atoms with Crippen LogP contribution >= 0.6 is 0 Å². The van der Waals surface area contributed by atoms with Crippen LogP contribution in [0.2, 0.25) is 0 Å². The van der Waals surface area contributed by atoms with Crippen LogP contribution in [-0.2, 0) is 11.3 Å². The third kappa shape index (κ3) is 5.03. The molecule has 1 N–H and O–H groups in total. The van der Waals surface area contributed by atoms with Crippen molar-refractivity contribution >= 4 is 11.6 Å². The topological polar surface area (TPSA) is 57.7 Å². The summed E-state index contributed by atoms with van der Waals surface area (Å²) in [6.07, 6.45) is 1.83. The summed E-state index contributed by atoms with van der Waals surface area (Å²) in [5, 5.41) is 2.97. The molecule has 1 aliphatic rings. The Morgan fingerprint density at radius 3 is 2.62 bits per heavy atom. The first-order valence-electron chi connectivity index (χ1n) is 8.93. The maximum Gasteiger partial charge on any atom is 0.238 e. The van der Waals surface area contributed by atoms with Crippen LogP contribution in [0.4, 0.5) is 5.69 Å². The van der Waals surface area contributed by atoms with Gasteiger partial charge in [-0.05, 0) is 36.8 Å². The van der Waals surface area contributed by atoms with Crippen molar-refractivity contribution in [2.24, 2.45) is 0 Å². The molecule has 138 valence electrons. The number of methoxy groups -OCH3 is 1. The zero-order valence-electron chi connectivity index (χ0n) is 15.4. The molecular weight excluding hydrogens is 328 g/mol. The van der Waals surface area contributed by atoms with Gasteiger partial charge in [-0.3, -0.25) is 19.6 Å². The SMILES string of the molecule is COc1ccc(C)cc1NC(=O)CN1CCN(Cc2ccccn2)CC1. The molecule has 0 aliphatic carbocycles. The summed E-state index contributed by atoms with van der Waals surface area (Å²) < 4.78 is 5.32. The average Bonchev–Trinajstić information content (AvgIpc) is 2.64. The number of hydrogen-bond acceptors (Lipinski definition) is 5. The molecule has 0 spiro atoms. The van der Waals surface area contributed by atoms with Gasteiger partial charge in [0.25, 0.3) is 0 Å². The average molecular weight is 354 g/mol. The van der Waals surface area contributed by atoms with Crippen LogP contribution in [0.5, 0.6) is 5.75 Å². The summed E-state index contributed by atoms with van der Waals surface area (Å²) in [7, 11) is 1.61. The molecular formula is C20H26N4O2. The van der Waals surface area contributed by atoms with E-state index in [-0.39, 0.29) is 5.91 Å². The number of carbonyl (C=O) groups excluding carboxylic acids is 1. The van der Waals surface area contributed by atoms with E-state index in [4.69, 9.17) is 4.74 Å². The summed E-state index contributed by atoms with van der Waals surface area (Å²) in [5.74, 6) is 0.677. The number of aryl methyl sites for hydroxylation is 1. The van der Waals surface area contributed by atoms with Crippen molar-refractivity contribution < 1.29 is 9.53 Å². The first kappa shape index (κ1) is 18.4. The predicted molar refractivity (Wildman–Crippen MR) is 102 cm³/mol. The number of rotatable bonds is 6. The molecule has 0 unspecified atom stereocenters. The van der Waals surface area contributed by atoms with Gasteiger partial charge in [0.2, 0.25) is 5.91 Å². The van der Waals surface area contributed by atoms with Crippen molar-refractivity contribution in [1.82, 2.24) is 14.8 Å². The van der Waals surface area contributed by atoms with Gasteiger partial charge in [-0.1, -0.05) is 12.1 Å². The molecule has 2 heterocycles. The van der Waals surface area contributed by atoms with Gasteiger partial charge in [0.05, 0.1) is 25.0 Å². The van der Waals surface area contributed by atoms with Crippen LogP contribution in [-0.4, -0.2) is 60.5 Å². The third-order valence-corrected chi connectivity index (χ3v) is 4.57. The minimum atomic E-state index is -0.00734. The molecule has 6 nitrogen and oxygen atoms in total. The van der Waals surface area contributed by atoms with E-state index in [9.17, 15) is 4.79 Å². The second kappa shape index (κ2) is 8.78. The fraction of sp³-hybridized carbons (Fsp3) is 0.400. The Morgan fingerprint density at radius 1 is 1.15 bits per heavy atom. The number of anilines is 1. The molecule has 1 aromatic heterocycles. The van der Waals surface area contributed by atoms with Crippen molar-refractivity contribution in [2.75, 3.05) is 45.2 Å². The van der Waals surface area contributed by atoms with E-state index in [1.165, 1.54) is 0 Å². The van der Waals surface area contributed by atoms with Crippen molar-refractivity contribution in [3.05, 3.63) is 53.9 Å². The number of nitrogens with zero attached hydrogens (tertiary/aromatic N) is 3. The van der Waals surface area contributed by atoms with E-state index in [0.717, 1.165) is 49.7 Å². The number of amides is 1. The van der Waals surface area contributed by atoms with Gasteiger partial charge in [-0.15, -0.1) is 0 Å². The van der Waals surface area contributed by atoms with Crippen molar-refractivity contribution in [3.63, 3.8) is 0 Å². The lowest BCUT2D eigenvalue weighted by Gasteiger charge is -2.34. The Bertz CT molecular complexity index is 728. The second-order valence-electron chi connectivity index (χ2n) is 6.63. The van der Waals surface area contributed by atoms with Crippen LogP contribution in [0.1, 0.15) is 11.3 Å². The zero-order chi connectivity index (χ0) is 18.4. The lowest BCUT2D eigenvalue weighted by molar-refractivity contribution is -0.117. The first-order chi connectivity index (χ1) is 12.6. The van der Waals surface area contributed by atoms with Crippen LogP contribution < -0.4 is 10.1 Å². The molecule has 1 amide bonds. The fourth-order valence-electron chi connectivity index (χ4n) is 3.14. The molecule has 2 aromatic rings. The van der Waals surface area contributed by atoms with Crippen molar-refractivity contribution in [2.45, 2.75) is 13.5 Å². The lowest BCUT2D eigenvalue weighted by atomic mass is 10.2. The van der Waals surface area contributed by atoms with E-state index >= 15 is 0 Å². The minimum absolute atomic E-state index is 0.00734. The highest BCUT2D eigenvalue weighted by atomic mass is 16.5. The summed E-state index contributed by atoms with van der Waals surface area (Å²) in [6, 6.07) is 11.8. The number of hydrogen-bond donors (Lipinski definition) is 1. The Morgan fingerprint density at radius 2 is 1.92 bits per heavy atom. The molecule has 1 fully saturated rings. The number of pyridine rings is 1. The zero-order valence-corrected chi connectivity index (χ0v) is 15.4. The summed E-state index contributed by atoms with van der Waals surface area (Å²) in [6.45, 7) is 6.90. The van der Waals surface area contributed by atoms with Gasteiger partial charge in [-0.2, -0.15) is 0 Å². The summed E-state index contributed by atoms with van der Waals surface area (Å²) in [4.78, 5) is 21.3. The fourth-order valence-corrected chi connectivity index (χ4v) is 3.14. The van der Waals surface area contributed by atoms with Gasteiger partial charge >= 0.3 is 0 Å². The smallest absolute Gasteiger partial charge is 0.238 e. The molecule has 0 radical (unpaired) electrons. The molecule has 26 heavy (non-hydrogen) atoms. The van der Waals surface area contributed by atoms with Crippen LogP contribution in [0.25, 0.3) is 0 Å². The third-order valence-electron chi connectivity index (χ3n) is 4.57. The van der Waals surface area contributed by atoms with Crippen LogP contribution in [0.3, 0.4) is 0 Å². The van der Waals surface area contributed by atoms with Crippen molar-refractivity contribution in [1.29, 1.82) is 0 Å². The predicted octanol–water partition coefficient (Wildman–Crippen LogP) is 2.15. The monoisotopic (exact) mass is 354 g/mol. The molecule has 1 aliphatic heterocycles. The van der Waals surface area contributed by atoms with E-state index in [0.29, 0.717) is 12.3 Å². The quantitative estimate of drug-likeness (QED) is 0.861. The molecule has 1 aromatic carbocycles. The Balaban J connectivity index is 1.47. The highest BCUT2D eigenvalue weighted by molar-refractivity contribution is 5.93. The highest BCUT2D eigenvalue weighted by Crippen LogP contribution is 2.25. The molecule has 1 saturated heterocycles. The number of carbonyl (C=O) groups is 1. The maximum absolute atomic E-state index is 12.4. The maximum atomic E-state index is 12.4. The number of nitrogens with one attached hydrogen (secondary N) is 1. The molecule has 6 heteroatoms. The molecule has 0 atom stereocenters. The normalized spacial score (nSPS) is 15.6. The van der Waals surface area contributed by atoms with Crippen LogP contribution in [0, 0.1) is 6.92 Å². The Hall–Kier alpha value is -2.44. The number of benzene rings is 1. The van der Waals surface area contributed by atoms with Gasteiger partial charge in [0.1, 0.15) is 5.75 Å². The van der Waals surface area contributed by atoms with Gasteiger partial charge in [0, 0.05) is 38.9 Å². The first-order valence-corrected chi connectivity index (χ1v) is 8.93. The number of aromatic nitrogens is 1. The van der Waals surface area contributed by atoms with E-state index in [2.05, 4.69) is 26.2 Å². The number of ether oxygens (including phenoxy) is 1. The Labute approximate surface area is 154 Å².